The molecule has 58 heavy (non-hydrogen) atoms. The van der Waals surface area contributed by atoms with E-state index in [1.807, 2.05) is 97.1 Å². The largest absolute Gasteiger partial charge is 0.455 e. The Labute approximate surface area is 333 Å². The zero-order valence-corrected chi connectivity index (χ0v) is 31.0. The third-order valence-electron chi connectivity index (χ3n) is 10.9. The van der Waals surface area contributed by atoms with Crippen LogP contribution in [-0.4, -0.2) is 19.5 Å². The summed E-state index contributed by atoms with van der Waals surface area (Å²) in [4.78, 5) is 15.5. The lowest BCUT2D eigenvalue weighted by Gasteiger charge is -2.17. The van der Waals surface area contributed by atoms with Gasteiger partial charge in [-0.3, -0.25) is 0 Å². The first-order chi connectivity index (χ1) is 28.7. The highest BCUT2D eigenvalue weighted by Gasteiger charge is 2.22. The molecule has 11 aromatic rings. The van der Waals surface area contributed by atoms with Gasteiger partial charge < -0.3 is 8.98 Å². The lowest BCUT2D eigenvalue weighted by molar-refractivity contribution is 0.670. The number of hydrogen-bond acceptors (Lipinski definition) is 5. The SMILES string of the molecule is N#Cc1cccc(-c2ccc3c4ccccc4n(-c4ccc(-c5cccc6c5oc5ccccc56)cc4-c4nc(-c5ccccc5)nc(-c5ccccc5)n4)c3c2)c1. The van der Waals surface area contributed by atoms with Gasteiger partial charge >= 0.3 is 0 Å². The second kappa shape index (κ2) is 13.6. The summed E-state index contributed by atoms with van der Waals surface area (Å²) in [5.41, 5.74) is 11.9. The summed E-state index contributed by atoms with van der Waals surface area (Å²) in [6.45, 7) is 0. The molecule has 0 unspecified atom stereocenters. The number of rotatable bonds is 6. The zero-order valence-electron chi connectivity index (χ0n) is 31.0. The molecule has 0 saturated heterocycles. The highest BCUT2D eigenvalue weighted by atomic mass is 16.3. The van der Waals surface area contributed by atoms with Crippen molar-refractivity contribution in [2.24, 2.45) is 0 Å². The molecule has 0 bridgehead atoms. The Kier molecular flexibility index (Phi) is 7.76. The van der Waals surface area contributed by atoms with Crippen LogP contribution in [0.2, 0.25) is 0 Å². The molecule has 6 nitrogen and oxygen atoms in total. The molecule has 0 aliphatic carbocycles. The zero-order chi connectivity index (χ0) is 38.6. The summed E-state index contributed by atoms with van der Waals surface area (Å²) < 4.78 is 8.88. The van der Waals surface area contributed by atoms with Gasteiger partial charge in [0.1, 0.15) is 11.2 Å². The van der Waals surface area contributed by atoms with Gasteiger partial charge in [0.05, 0.1) is 28.4 Å². The average molecular weight is 742 g/mol. The van der Waals surface area contributed by atoms with Crippen molar-refractivity contribution in [3.05, 3.63) is 194 Å². The van der Waals surface area contributed by atoms with Gasteiger partial charge in [-0.1, -0.05) is 146 Å². The molecule has 0 fully saturated rings. The molecule has 0 N–H and O–H groups in total. The highest BCUT2D eigenvalue weighted by molar-refractivity contribution is 6.12. The molecule has 3 heterocycles. The summed E-state index contributed by atoms with van der Waals surface area (Å²) >= 11 is 0. The summed E-state index contributed by atoms with van der Waals surface area (Å²) in [5, 5.41) is 14.1. The quantitative estimate of drug-likeness (QED) is 0.169. The Morgan fingerprint density at radius 3 is 1.79 bits per heavy atom. The number of nitrogens with zero attached hydrogens (tertiary/aromatic N) is 5. The van der Waals surface area contributed by atoms with Crippen molar-refractivity contribution in [1.29, 1.82) is 5.26 Å². The number of para-hydroxylation sites is 3. The number of nitriles is 1. The van der Waals surface area contributed by atoms with Gasteiger partial charge in [0.15, 0.2) is 17.5 Å². The minimum atomic E-state index is 0.546. The minimum Gasteiger partial charge on any atom is -0.455 e. The first-order valence-corrected chi connectivity index (χ1v) is 19.2. The van der Waals surface area contributed by atoms with Crippen molar-refractivity contribution in [3.63, 3.8) is 0 Å². The lowest BCUT2D eigenvalue weighted by Crippen LogP contribution is -2.04. The third kappa shape index (κ3) is 5.53. The molecular formula is C52H31N5O. The standard InChI is InChI=1S/C52H31N5O/c53-32-33-13-11-18-36(29-33)37-25-27-41-40-19-7-9-23-45(40)57(47(41)31-37)46-28-26-38(39-21-12-22-43-42-20-8-10-24-48(42)58-49(39)43)30-44(46)52-55-50(34-14-3-1-4-15-34)54-51(56-52)35-16-5-2-6-17-35/h1-31H. The Bertz CT molecular complexity index is 3360. The van der Waals surface area contributed by atoms with Gasteiger partial charge in [0.2, 0.25) is 0 Å². The molecule has 0 radical (unpaired) electrons. The second-order valence-electron chi connectivity index (χ2n) is 14.3. The maximum Gasteiger partial charge on any atom is 0.166 e. The van der Waals surface area contributed by atoms with Gasteiger partial charge in [-0.2, -0.15) is 5.26 Å². The molecule has 0 atom stereocenters. The topological polar surface area (TPSA) is 80.5 Å². The molecule has 0 aliphatic rings. The summed E-state index contributed by atoms with van der Waals surface area (Å²) in [6, 6.07) is 66.2. The van der Waals surface area contributed by atoms with Gasteiger partial charge in [0.25, 0.3) is 0 Å². The predicted octanol–water partition coefficient (Wildman–Crippen LogP) is 13.1. The van der Waals surface area contributed by atoms with Crippen LogP contribution in [0.15, 0.2) is 192 Å². The molecule has 8 aromatic carbocycles. The number of furan rings is 1. The van der Waals surface area contributed by atoms with Crippen LogP contribution in [0.1, 0.15) is 5.56 Å². The van der Waals surface area contributed by atoms with E-state index in [1.54, 1.807) is 0 Å². The van der Waals surface area contributed by atoms with E-state index in [1.165, 1.54) is 0 Å². The van der Waals surface area contributed by atoms with Crippen LogP contribution >= 0.6 is 0 Å². The van der Waals surface area contributed by atoms with Crippen molar-refractivity contribution >= 4 is 43.7 Å². The van der Waals surface area contributed by atoms with Crippen LogP contribution in [0.4, 0.5) is 0 Å². The number of hydrogen-bond donors (Lipinski definition) is 0. The molecule has 0 saturated carbocycles. The van der Waals surface area contributed by atoms with Gasteiger partial charge in [-0.25, -0.2) is 15.0 Å². The van der Waals surface area contributed by atoms with E-state index in [0.29, 0.717) is 23.0 Å². The first-order valence-electron chi connectivity index (χ1n) is 19.2. The van der Waals surface area contributed by atoms with E-state index >= 15 is 0 Å². The number of fused-ring (bicyclic) bond motifs is 6. The van der Waals surface area contributed by atoms with Crippen LogP contribution in [0.25, 0.3) is 106 Å². The summed E-state index contributed by atoms with van der Waals surface area (Å²) in [6.07, 6.45) is 0. The Balaban J connectivity index is 1.22. The summed E-state index contributed by atoms with van der Waals surface area (Å²) in [7, 11) is 0. The number of benzene rings is 8. The molecule has 270 valence electrons. The Hall–Kier alpha value is -8.14. The van der Waals surface area contributed by atoms with Crippen LogP contribution in [0, 0.1) is 11.3 Å². The third-order valence-corrected chi connectivity index (χ3v) is 10.9. The predicted molar refractivity (Wildman–Crippen MR) is 233 cm³/mol. The van der Waals surface area contributed by atoms with Crippen LogP contribution < -0.4 is 0 Å². The minimum absolute atomic E-state index is 0.546. The van der Waals surface area contributed by atoms with Crippen LogP contribution in [0.5, 0.6) is 0 Å². The average Bonchev–Trinajstić information content (AvgIpc) is 3.85. The van der Waals surface area contributed by atoms with Crippen molar-refractivity contribution in [1.82, 2.24) is 19.5 Å². The van der Waals surface area contributed by atoms with Gasteiger partial charge in [-0.05, 0) is 59.2 Å². The summed E-state index contributed by atoms with van der Waals surface area (Å²) in [5.74, 6) is 1.72. The van der Waals surface area contributed by atoms with Gasteiger partial charge in [0, 0.05) is 43.8 Å². The maximum absolute atomic E-state index is 9.72. The van der Waals surface area contributed by atoms with E-state index in [0.717, 1.165) is 88.4 Å². The molecule has 0 spiro atoms. The van der Waals surface area contributed by atoms with Crippen molar-refractivity contribution in [2.45, 2.75) is 0 Å². The fourth-order valence-corrected chi connectivity index (χ4v) is 8.16. The van der Waals surface area contributed by atoms with E-state index in [4.69, 9.17) is 19.4 Å². The maximum atomic E-state index is 9.72. The van der Waals surface area contributed by atoms with Crippen molar-refractivity contribution in [2.75, 3.05) is 0 Å². The fourth-order valence-electron chi connectivity index (χ4n) is 8.16. The molecule has 0 amide bonds. The van der Waals surface area contributed by atoms with Crippen LogP contribution in [0.3, 0.4) is 0 Å². The molecule has 0 aliphatic heterocycles. The monoisotopic (exact) mass is 741 g/mol. The van der Waals surface area contributed by atoms with E-state index in [9.17, 15) is 5.26 Å². The first kappa shape index (κ1) is 33.2. The second-order valence-corrected chi connectivity index (χ2v) is 14.3. The van der Waals surface area contributed by atoms with E-state index in [-0.39, 0.29) is 0 Å². The molecular weight excluding hydrogens is 711 g/mol. The lowest BCUT2D eigenvalue weighted by atomic mass is 9.98. The molecule has 3 aromatic heterocycles. The van der Waals surface area contributed by atoms with Gasteiger partial charge in [-0.15, -0.1) is 0 Å². The molecule has 6 heteroatoms. The smallest absolute Gasteiger partial charge is 0.166 e. The van der Waals surface area contributed by atoms with Crippen LogP contribution in [-0.2, 0) is 0 Å². The fraction of sp³-hybridized carbons (Fsp3) is 0. The van der Waals surface area contributed by atoms with E-state index in [2.05, 4.69) is 102 Å². The molecule has 11 rings (SSSR count). The Morgan fingerprint density at radius 1 is 0.414 bits per heavy atom. The van der Waals surface area contributed by atoms with Crippen molar-refractivity contribution < 1.29 is 4.42 Å². The van der Waals surface area contributed by atoms with Crippen molar-refractivity contribution in [3.8, 4) is 68.2 Å². The van der Waals surface area contributed by atoms with E-state index < -0.39 is 0 Å². The number of aromatic nitrogens is 4. The highest BCUT2D eigenvalue weighted by Crippen LogP contribution is 2.42. The Morgan fingerprint density at radius 2 is 1.02 bits per heavy atom. The normalized spacial score (nSPS) is 11.4.